The number of para-hydroxylation sites is 1. The molecule has 3 aromatic carbocycles. The zero-order chi connectivity index (χ0) is 22.8. The van der Waals surface area contributed by atoms with E-state index in [1.165, 1.54) is 12.1 Å². The van der Waals surface area contributed by atoms with Gasteiger partial charge >= 0.3 is 0 Å². The van der Waals surface area contributed by atoms with E-state index in [4.69, 9.17) is 9.84 Å². The van der Waals surface area contributed by atoms with Crippen molar-refractivity contribution < 1.29 is 13.9 Å². The molecule has 0 fully saturated rings. The number of nitrogens with one attached hydrogen (secondary N) is 1. The van der Waals surface area contributed by atoms with Gasteiger partial charge in [0.2, 0.25) is 5.91 Å². The van der Waals surface area contributed by atoms with Crippen molar-refractivity contribution in [3.8, 4) is 17.0 Å². The van der Waals surface area contributed by atoms with Gasteiger partial charge in [0, 0.05) is 28.2 Å². The Hall–Kier alpha value is -4.26. The Labute approximate surface area is 189 Å². The first-order chi connectivity index (χ1) is 16.1. The minimum absolute atomic E-state index is 0.0128. The summed E-state index contributed by atoms with van der Waals surface area (Å²) in [4.78, 5) is 17.5. The Balaban J connectivity index is 1.53. The van der Waals surface area contributed by atoms with Crippen LogP contribution in [-0.2, 0) is 11.3 Å². The molecule has 0 bridgehead atoms. The largest absolute Gasteiger partial charge is 0.494 e. The molecule has 0 atom stereocenters. The second kappa shape index (κ2) is 8.70. The fourth-order valence-corrected chi connectivity index (χ4v) is 3.88. The monoisotopic (exact) mass is 440 g/mol. The summed E-state index contributed by atoms with van der Waals surface area (Å²) >= 11 is 0. The summed E-state index contributed by atoms with van der Waals surface area (Å²) in [6.07, 6.45) is 1.75. The number of carbonyl (C=O) groups excluding carboxylic acids is 1. The fourth-order valence-electron chi connectivity index (χ4n) is 3.88. The van der Waals surface area contributed by atoms with Crippen LogP contribution in [0.5, 0.6) is 5.75 Å². The number of fused-ring (bicyclic) bond motifs is 3. The van der Waals surface area contributed by atoms with Crippen molar-refractivity contribution in [2.45, 2.75) is 13.5 Å². The lowest BCUT2D eigenvalue weighted by Crippen LogP contribution is -2.19. The summed E-state index contributed by atoms with van der Waals surface area (Å²) in [5.74, 6) is 0.215. The maximum absolute atomic E-state index is 13.5. The molecule has 5 aromatic rings. The standard InChI is InChI=1S/C26H21FN4O2/c1-2-33-20-13-11-19(12-14-20)29-24(32)16-31-26-21-5-3-4-6-23(21)28-15-22(26)25(30-31)17-7-9-18(27)10-8-17/h3-15H,2,16H2,1H3,(H,29,32). The number of amides is 1. The van der Waals surface area contributed by atoms with Crippen molar-refractivity contribution in [2.75, 3.05) is 11.9 Å². The van der Waals surface area contributed by atoms with E-state index < -0.39 is 0 Å². The molecular formula is C26H21FN4O2. The van der Waals surface area contributed by atoms with Crippen LogP contribution in [0.25, 0.3) is 33.1 Å². The SMILES string of the molecule is CCOc1ccc(NC(=O)Cn2nc(-c3ccc(F)cc3)c3cnc4ccccc4c32)cc1. The molecule has 0 unspecified atom stereocenters. The zero-order valence-electron chi connectivity index (χ0n) is 18.0. The van der Waals surface area contributed by atoms with Gasteiger partial charge < -0.3 is 10.1 Å². The van der Waals surface area contributed by atoms with Crippen LogP contribution in [-0.4, -0.2) is 27.3 Å². The van der Waals surface area contributed by atoms with Gasteiger partial charge in [-0.15, -0.1) is 0 Å². The Morgan fingerprint density at radius 3 is 2.52 bits per heavy atom. The summed E-state index contributed by atoms with van der Waals surface area (Å²) in [5, 5.41) is 9.33. The van der Waals surface area contributed by atoms with Gasteiger partial charge in [-0.05, 0) is 61.5 Å². The molecule has 0 saturated heterocycles. The summed E-state index contributed by atoms with van der Waals surface area (Å²) in [6, 6.07) is 21.1. The molecule has 164 valence electrons. The molecule has 7 heteroatoms. The quantitative estimate of drug-likeness (QED) is 0.382. The third-order valence-electron chi connectivity index (χ3n) is 5.34. The second-order valence-corrected chi connectivity index (χ2v) is 7.56. The molecule has 0 saturated carbocycles. The summed E-state index contributed by atoms with van der Waals surface area (Å²) in [5.41, 5.74) is 3.69. The molecule has 0 aliphatic carbocycles. The van der Waals surface area contributed by atoms with Crippen LogP contribution >= 0.6 is 0 Å². The lowest BCUT2D eigenvalue weighted by Gasteiger charge is -2.08. The van der Waals surface area contributed by atoms with Gasteiger partial charge in [0.25, 0.3) is 0 Å². The van der Waals surface area contributed by atoms with Gasteiger partial charge in [-0.2, -0.15) is 5.10 Å². The number of benzene rings is 3. The van der Waals surface area contributed by atoms with E-state index in [-0.39, 0.29) is 18.3 Å². The minimum Gasteiger partial charge on any atom is -0.494 e. The van der Waals surface area contributed by atoms with Crippen molar-refractivity contribution in [3.63, 3.8) is 0 Å². The maximum Gasteiger partial charge on any atom is 0.246 e. The van der Waals surface area contributed by atoms with E-state index in [9.17, 15) is 9.18 Å². The number of nitrogens with zero attached hydrogens (tertiary/aromatic N) is 3. The van der Waals surface area contributed by atoms with E-state index in [1.54, 1.807) is 35.1 Å². The van der Waals surface area contributed by atoms with Crippen molar-refractivity contribution in [1.29, 1.82) is 0 Å². The van der Waals surface area contributed by atoms with Crippen LogP contribution in [0, 0.1) is 5.82 Å². The van der Waals surface area contributed by atoms with Gasteiger partial charge in [0.05, 0.1) is 17.6 Å². The predicted molar refractivity (Wildman–Crippen MR) is 127 cm³/mol. The molecule has 2 aromatic heterocycles. The topological polar surface area (TPSA) is 69.0 Å². The van der Waals surface area contributed by atoms with Crippen molar-refractivity contribution in [2.24, 2.45) is 0 Å². The highest BCUT2D eigenvalue weighted by atomic mass is 19.1. The van der Waals surface area contributed by atoms with Crippen molar-refractivity contribution >= 4 is 33.4 Å². The molecule has 2 heterocycles. The molecular weight excluding hydrogens is 419 g/mol. The van der Waals surface area contributed by atoms with Gasteiger partial charge in [-0.3, -0.25) is 14.5 Å². The van der Waals surface area contributed by atoms with E-state index in [0.717, 1.165) is 33.1 Å². The number of halogens is 1. The molecule has 1 amide bonds. The first-order valence-corrected chi connectivity index (χ1v) is 10.7. The number of rotatable bonds is 6. The van der Waals surface area contributed by atoms with Crippen LogP contribution in [0.1, 0.15) is 6.92 Å². The lowest BCUT2D eigenvalue weighted by molar-refractivity contribution is -0.116. The molecule has 0 spiro atoms. The van der Waals surface area contributed by atoms with E-state index in [0.29, 0.717) is 18.0 Å². The fraction of sp³-hybridized carbons (Fsp3) is 0.115. The number of hydrogen-bond acceptors (Lipinski definition) is 4. The molecule has 5 rings (SSSR count). The van der Waals surface area contributed by atoms with E-state index in [1.807, 2.05) is 43.3 Å². The average molecular weight is 440 g/mol. The van der Waals surface area contributed by atoms with Crippen LogP contribution in [0.15, 0.2) is 79.0 Å². The summed E-state index contributed by atoms with van der Waals surface area (Å²) in [7, 11) is 0. The third kappa shape index (κ3) is 4.13. The van der Waals surface area contributed by atoms with Crippen LogP contribution in [0.2, 0.25) is 0 Å². The van der Waals surface area contributed by atoms with Gasteiger partial charge in [-0.25, -0.2) is 4.39 Å². The van der Waals surface area contributed by atoms with Gasteiger partial charge in [0.15, 0.2) is 0 Å². The molecule has 0 aliphatic heterocycles. The number of ether oxygens (including phenoxy) is 1. The Morgan fingerprint density at radius 2 is 1.76 bits per heavy atom. The van der Waals surface area contributed by atoms with Crippen LogP contribution < -0.4 is 10.1 Å². The molecule has 0 radical (unpaired) electrons. The third-order valence-corrected chi connectivity index (χ3v) is 5.34. The number of carbonyl (C=O) groups is 1. The zero-order valence-corrected chi connectivity index (χ0v) is 18.0. The predicted octanol–water partition coefficient (Wildman–Crippen LogP) is 5.43. The summed E-state index contributed by atoms with van der Waals surface area (Å²) in [6.45, 7) is 2.51. The molecule has 1 N–H and O–H groups in total. The normalized spacial score (nSPS) is 11.1. The molecule has 33 heavy (non-hydrogen) atoms. The highest BCUT2D eigenvalue weighted by molar-refractivity contribution is 6.08. The van der Waals surface area contributed by atoms with Crippen molar-refractivity contribution in [1.82, 2.24) is 14.8 Å². The Bertz CT molecular complexity index is 1440. The average Bonchev–Trinajstić information content (AvgIpc) is 3.19. The minimum atomic E-state index is -0.319. The van der Waals surface area contributed by atoms with Gasteiger partial charge in [-0.1, -0.05) is 18.2 Å². The lowest BCUT2D eigenvalue weighted by atomic mass is 10.1. The Morgan fingerprint density at radius 1 is 1.00 bits per heavy atom. The molecule has 6 nitrogen and oxygen atoms in total. The maximum atomic E-state index is 13.5. The number of aromatic nitrogens is 3. The van der Waals surface area contributed by atoms with Crippen LogP contribution in [0.3, 0.4) is 0 Å². The van der Waals surface area contributed by atoms with Gasteiger partial charge in [0.1, 0.15) is 23.8 Å². The van der Waals surface area contributed by atoms with E-state index >= 15 is 0 Å². The number of hydrogen-bond donors (Lipinski definition) is 1. The van der Waals surface area contributed by atoms with Crippen LogP contribution in [0.4, 0.5) is 10.1 Å². The second-order valence-electron chi connectivity index (χ2n) is 7.56. The first kappa shape index (κ1) is 20.6. The first-order valence-electron chi connectivity index (χ1n) is 10.7. The highest BCUT2D eigenvalue weighted by Gasteiger charge is 2.18. The number of pyridine rings is 1. The molecule has 0 aliphatic rings. The number of anilines is 1. The summed E-state index contributed by atoms with van der Waals surface area (Å²) < 4.78 is 20.6. The van der Waals surface area contributed by atoms with Crippen molar-refractivity contribution in [3.05, 3.63) is 84.8 Å². The Kier molecular flexibility index (Phi) is 5.44. The highest BCUT2D eigenvalue weighted by Crippen LogP contribution is 2.32. The smallest absolute Gasteiger partial charge is 0.246 e. The van der Waals surface area contributed by atoms with E-state index in [2.05, 4.69) is 10.3 Å².